The molecule has 1 fully saturated rings. The summed E-state index contributed by atoms with van der Waals surface area (Å²) in [5, 5.41) is 11.0. The second-order valence-corrected chi connectivity index (χ2v) is 7.16. The molecule has 0 unspecified atom stereocenters. The highest BCUT2D eigenvalue weighted by Crippen LogP contribution is 2.40. The number of ether oxygens (including phenoxy) is 1. The van der Waals surface area contributed by atoms with Crippen LogP contribution >= 0.6 is 0 Å². The molecule has 1 aromatic heterocycles. The van der Waals surface area contributed by atoms with Crippen molar-refractivity contribution in [2.45, 2.75) is 19.5 Å². The molecule has 1 atom stereocenters. The van der Waals surface area contributed by atoms with E-state index < -0.39 is 17.7 Å². The van der Waals surface area contributed by atoms with Crippen LogP contribution < -0.4 is 4.74 Å². The molecular weight excluding hydrogens is 392 g/mol. The average molecular weight is 414 g/mol. The number of ketones is 1. The summed E-state index contributed by atoms with van der Waals surface area (Å²) in [6.07, 6.45) is 3.31. The van der Waals surface area contributed by atoms with Crippen molar-refractivity contribution in [3.8, 4) is 5.75 Å². The van der Waals surface area contributed by atoms with Crippen LogP contribution in [0.15, 0.2) is 84.7 Å². The van der Waals surface area contributed by atoms with Gasteiger partial charge in [-0.25, -0.2) is 0 Å². The van der Waals surface area contributed by atoms with Crippen LogP contribution in [0.2, 0.25) is 0 Å². The molecule has 156 valence electrons. The van der Waals surface area contributed by atoms with Crippen molar-refractivity contribution in [2.24, 2.45) is 0 Å². The highest BCUT2D eigenvalue weighted by Gasteiger charge is 2.46. The molecule has 0 aliphatic carbocycles. The number of amides is 1. The number of nitrogens with zero attached hydrogens (tertiary/aromatic N) is 2. The van der Waals surface area contributed by atoms with Crippen LogP contribution in [0.25, 0.3) is 5.76 Å². The van der Waals surface area contributed by atoms with Crippen molar-refractivity contribution in [1.29, 1.82) is 0 Å². The van der Waals surface area contributed by atoms with Crippen LogP contribution in [0.3, 0.4) is 0 Å². The van der Waals surface area contributed by atoms with Gasteiger partial charge in [0.25, 0.3) is 11.7 Å². The maximum Gasteiger partial charge on any atom is 0.295 e. The number of likely N-dealkylation sites (tertiary alicyclic amines) is 1. The average Bonchev–Trinajstić information content (AvgIpc) is 3.05. The molecule has 6 nitrogen and oxygen atoms in total. The minimum Gasteiger partial charge on any atom is -0.507 e. The number of carbonyl (C=O) groups excluding carboxylic acids is 2. The van der Waals surface area contributed by atoms with Gasteiger partial charge in [-0.15, -0.1) is 0 Å². The zero-order valence-electron chi connectivity index (χ0n) is 17.1. The largest absolute Gasteiger partial charge is 0.507 e. The molecule has 3 aromatic rings. The number of pyridine rings is 1. The number of carbonyl (C=O) groups is 2. The molecule has 2 heterocycles. The third kappa shape index (κ3) is 4.05. The fourth-order valence-electron chi connectivity index (χ4n) is 3.74. The molecule has 6 heteroatoms. The summed E-state index contributed by atoms with van der Waals surface area (Å²) in [6, 6.07) is 18.9. The second kappa shape index (κ2) is 8.83. The van der Waals surface area contributed by atoms with E-state index in [2.05, 4.69) is 4.98 Å². The molecule has 2 aromatic carbocycles. The number of hydrogen-bond donors (Lipinski definition) is 1. The first kappa shape index (κ1) is 20.3. The Balaban J connectivity index is 1.82. The molecule has 0 bridgehead atoms. The first-order valence-corrected chi connectivity index (χ1v) is 10.1. The lowest BCUT2D eigenvalue weighted by Gasteiger charge is -2.25. The smallest absolute Gasteiger partial charge is 0.295 e. The summed E-state index contributed by atoms with van der Waals surface area (Å²) in [5.74, 6) is -0.852. The van der Waals surface area contributed by atoms with Gasteiger partial charge < -0.3 is 14.7 Å². The Kier molecular flexibility index (Phi) is 5.80. The SMILES string of the molecule is CCOc1ccc([C@@H]2/C(=C(\O)c3ccccc3)C(=O)C(=O)N2Cc2cccnc2)cc1. The summed E-state index contributed by atoms with van der Waals surface area (Å²) < 4.78 is 5.51. The highest BCUT2D eigenvalue weighted by atomic mass is 16.5. The van der Waals surface area contributed by atoms with Gasteiger partial charge >= 0.3 is 0 Å². The predicted octanol–water partition coefficient (Wildman–Crippen LogP) is 4.10. The Labute approximate surface area is 180 Å². The lowest BCUT2D eigenvalue weighted by atomic mass is 9.95. The van der Waals surface area contributed by atoms with E-state index in [4.69, 9.17) is 4.74 Å². The molecule has 1 amide bonds. The fourth-order valence-corrected chi connectivity index (χ4v) is 3.74. The van der Waals surface area contributed by atoms with Crippen molar-refractivity contribution >= 4 is 17.4 Å². The molecule has 4 rings (SSSR count). The minimum absolute atomic E-state index is 0.0734. The topological polar surface area (TPSA) is 79.7 Å². The number of aromatic nitrogens is 1. The monoisotopic (exact) mass is 414 g/mol. The lowest BCUT2D eigenvalue weighted by molar-refractivity contribution is -0.140. The van der Waals surface area contributed by atoms with Crippen molar-refractivity contribution in [1.82, 2.24) is 9.88 Å². The third-order valence-corrected chi connectivity index (χ3v) is 5.17. The van der Waals surface area contributed by atoms with Crippen LogP contribution in [0, 0.1) is 0 Å². The van der Waals surface area contributed by atoms with Gasteiger partial charge in [-0.2, -0.15) is 0 Å². The minimum atomic E-state index is -0.726. The molecule has 1 aliphatic heterocycles. The number of benzene rings is 2. The van der Waals surface area contributed by atoms with Gasteiger partial charge in [-0.3, -0.25) is 14.6 Å². The number of rotatable bonds is 6. The summed E-state index contributed by atoms with van der Waals surface area (Å²) in [6.45, 7) is 2.63. The van der Waals surface area contributed by atoms with Gasteiger partial charge in [0.05, 0.1) is 18.2 Å². The zero-order chi connectivity index (χ0) is 21.8. The highest BCUT2D eigenvalue weighted by molar-refractivity contribution is 6.46. The van der Waals surface area contributed by atoms with Gasteiger partial charge in [-0.1, -0.05) is 48.5 Å². The number of Topliss-reactive ketones (excluding diaryl/α,β-unsaturated/α-hetero) is 1. The van der Waals surface area contributed by atoms with Gasteiger partial charge in [0.15, 0.2) is 0 Å². The van der Waals surface area contributed by atoms with Crippen LogP contribution in [0.1, 0.15) is 29.7 Å². The zero-order valence-corrected chi connectivity index (χ0v) is 17.1. The maximum absolute atomic E-state index is 13.0. The Morgan fingerprint density at radius 2 is 1.77 bits per heavy atom. The molecule has 31 heavy (non-hydrogen) atoms. The summed E-state index contributed by atoms with van der Waals surface area (Å²) in [4.78, 5) is 31.6. The molecular formula is C25H22N2O4. The van der Waals surface area contributed by atoms with E-state index in [1.807, 2.05) is 31.2 Å². The Morgan fingerprint density at radius 1 is 1.03 bits per heavy atom. The first-order chi connectivity index (χ1) is 15.1. The van der Waals surface area contributed by atoms with Crippen LogP contribution in [0.4, 0.5) is 0 Å². The van der Waals surface area contributed by atoms with Gasteiger partial charge in [0.1, 0.15) is 11.5 Å². The van der Waals surface area contributed by atoms with E-state index in [-0.39, 0.29) is 17.9 Å². The first-order valence-electron chi connectivity index (χ1n) is 10.1. The number of aliphatic hydroxyl groups excluding tert-OH is 1. The Hall–Kier alpha value is -3.93. The normalized spacial score (nSPS) is 17.7. The molecule has 1 saturated heterocycles. The lowest BCUT2D eigenvalue weighted by Crippen LogP contribution is -2.29. The number of aliphatic hydroxyl groups is 1. The van der Waals surface area contributed by atoms with Crippen molar-refractivity contribution in [3.05, 3.63) is 101 Å². The van der Waals surface area contributed by atoms with Crippen LogP contribution in [-0.2, 0) is 16.1 Å². The van der Waals surface area contributed by atoms with E-state index in [1.54, 1.807) is 54.9 Å². The van der Waals surface area contributed by atoms with Crippen molar-refractivity contribution in [2.75, 3.05) is 6.61 Å². The van der Waals surface area contributed by atoms with E-state index in [1.165, 1.54) is 4.90 Å². The van der Waals surface area contributed by atoms with Crippen molar-refractivity contribution in [3.63, 3.8) is 0 Å². The predicted molar refractivity (Wildman–Crippen MR) is 116 cm³/mol. The van der Waals surface area contributed by atoms with E-state index in [0.717, 1.165) is 5.56 Å². The summed E-state index contributed by atoms with van der Waals surface area (Å²) in [5.41, 5.74) is 2.06. The van der Waals surface area contributed by atoms with Crippen molar-refractivity contribution < 1.29 is 19.4 Å². The quantitative estimate of drug-likeness (QED) is 0.373. The van der Waals surface area contributed by atoms with Gasteiger partial charge in [0, 0.05) is 24.5 Å². The standard InChI is InChI=1S/C25H22N2O4/c1-2-31-20-12-10-18(11-13-20)22-21(23(28)19-8-4-3-5-9-19)24(29)25(30)27(22)16-17-7-6-14-26-15-17/h3-15,22,28H,2,16H2,1H3/b23-21+/t22-/m1/s1. The summed E-state index contributed by atoms with van der Waals surface area (Å²) in [7, 11) is 0. The van der Waals surface area contributed by atoms with Crippen LogP contribution in [-0.4, -0.2) is 33.3 Å². The summed E-state index contributed by atoms with van der Waals surface area (Å²) >= 11 is 0. The molecule has 1 aliphatic rings. The van der Waals surface area contributed by atoms with E-state index >= 15 is 0 Å². The Bertz CT molecular complexity index is 1110. The van der Waals surface area contributed by atoms with Crippen LogP contribution in [0.5, 0.6) is 5.75 Å². The maximum atomic E-state index is 13.0. The number of hydrogen-bond acceptors (Lipinski definition) is 5. The molecule has 1 N–H and O–H groups in total. The molecule has 0 radical (unpaired) electrons. The molecule has 0 saturated carbocycles. The molecule has 0 spiro atoms. The fraction of sp³-hybridized carbons (Fsp3) is 0.160. The van der Waals surface area contributed by atoms with E-state index in [0.29, 0.717) is 23.5 Å². The van der Waals surface area contributed by atoms with Gasteiger partial charge in [-0.05, 0) is 36.2 Å². The third-order valence-electron chi connectivity index (χ3n) is 5.17. The second-order valence-electron chi connectivity index (χ2n) is 7.16. The van der Waals surface area contributed by atoms with E-state index in [9.17, 15) is 14.7 Å². The van der Waals surface area contributed by atoms with Gasteiger partial charge in [0.2, 0.25) is 0 Å². The Morgan fingerprint density at radius 3 is 2.42 bits per heavy atom.